The minimum atomic E-state index is -0.0650. The van der Waals surface area contributed by atoms with Gasteiger partial charge in [0.2, 0.25) is 0 Å². The van der Waals surface area contributed by atoms with Crippen molar-refractivity contribution < 1.29 is 4.74 Å². The van der Waals surface area contributed by atoms with Gasteiger partial charge in [-0.25, -0.2) is 0 Å². The lowest BCUT2D eigenvalue weighted by molar-refractivity contribution is 0.405. The number of methoxy groups -OCH3 is 1. The molecule has 0 aliphatic heterocycles. The van der Waals surface area contributed by atoms with Crippen LogP contribution in [0.5, 0.6) is 5.75 Å². The predicted octanol–water partition coefficient (Wildman–Crippen LogP) is 4.01. The zero-order valence-electron chi connectivity index (χ0n) is 11.2. The standard InChI is InChI=1S/C16H18BrNO/c1-11-6-7-14(16(8-11)19-2)15(18)10-12-4-3-5-13(17)9-12/h3-9,15H,10,18H2,1-2H3. The summed E-state index contributed by atoms with van der Waals surface area (Å²) < 4.78 is 6.50. The molecule has 0 aromatic heterocycles. The number of nitrogens with two attached hydrogens (primary N) is 1. The molecule has 0 saturated carbocycles. The Balaban J connectivity index is 2.22. The summed E-state index contributed by atoms with van der Waals surface area (Å²) in [6, 6.07) is 14.3. The molecule has 0 amide bonds. The van der Waals surface area contributed by atoms with E-state index < -0.39 is 0 Å². The molecular weight excluding hydrogens is 302 g/mol. The van der Waals surface area contributed by atoms with Gasteiger partial charge in [0.15, 0.2) is 0 Å². The van der Waals surface area contributed by atoms with Crippen LogP contribution in [0.25, 0.3) is 0 Å². The number of hydrogen-bond donors (Lipinski definition) is 1. The van der Waals surface area contributed by atoms with Crippen LogP contribution < -0.4 is 10.5 Å². The Hall–Kier alpha value is -1.32. The predicted molar refractivity (Wildman–Crippen MR) is 82.5 cm³/mol. The van der Waals surface area contributed by atoms with Gasteiger partial charge >= 0.3 is 0 Å². The highest BCUT2D eigenvalue weighted by Gasteiger charge is 2.12. The van der Waals surface area contributed by atoms with E-state index in [4.69, 9.17) is 10.5 Å². The smallest absolute Gasteiger partial charge is 0.123 e. The van der Waals surface area contributed by atoms with E-state index in [1.54, 1.807) is 7.11 Å². The molecule has 0 aliphatic rings. The second-order valence-corrected chi connectivity index (χ2v) is 5.60. The van der Waals surface area contributed by atoms with Crippen LogP contribution in [0, 0.1) is 6.92 Å². The third-order valence-corrected chi connectivity index (χ3v) is 3.63. The fourth-order valence-electron chi connectivity index (χ4n) is 2.15. The van der Waals surface area contributed by atoms with Crippen molar-refractivity contribution in [3.8, 4) is 5.75 Å². The van der Waals surface area contributed by atoms with Crippen LogP contribution in [0.3, 0.4) is 0 Å². The average Bonchev–Trinajstić information content (AvgIpc) is 2.38. The first-order chi connectivity index (χ1) is 9.10. The van der Waals surface area contributed by atoms with Gasteiger partial charge < -0.3 is 10.5 Å². The van der Waals surface area contributed by atoms with E-state index in [1.807, 2.05) is 25.1 Å². The summed E-state index contributed by atoms with van der Waals surface area (Å²) in [5.41, 5.74) is 9.75. The van der Waals surface area contributed by atoms with Gasteiger partial charge in [0.25, 0.3) is 0 Å². The lowest BCUT2D eigenvalue weighted by Gasteiger charge is -2.16. The number of halogens is 1. The molecule has 3 heteroatoms. The molecule has 2 N–H and O–H groups in total. The fraction of sp³-hybridized carbons (Fsp3) is 0.250. The van der Waals surface area contributed by atoms with E-state index in [2.05, 4.69) is 40.2 Å². The van der Waals surface area contributed by atoms with Crippen LogP contribution >= 0.6 is 15.9 Å². The molecule has 0 bridgehead atoms. The van der Waals surface area contributed by atoms with Crippen LogP contribution in [-0.4, -0.2) is 7.11 Å². The second kappa shape index (κ2) is 6.22. The first-order valence-electron chi connectivity index (χ1n) is 6.24. The van der Waals surface area contributed by atoms with Crippen LogP contribution in [0.15, 0.2) is 46.9 Å². The molecule has 19 heavy (non-hydrogen) atoms. The summed E-state index contributed by atoms with van der Waals surface area (Å²) in [7, 11) is 1.68. The number of aryl methyl sites for hydroxylation is 1. The monoisotopic (exact) mass is 319 g/mol. The molecule has 2 nitrogen and oxygen atoms in total. The molecule has 0 aliphatic carbocycles. The Morgan fingerprint density at radius 2 is 2.00 bits per heavy atom. The van der Waals surface area contributed by atoms with Gasteiger partial charge in [0, 0.05) is 16.1 Å². The molecule has 0 radical (unpaired) electrons. The molecular formula is C16H18BrNO. The zero-order chi connectivity index (χ0) is 13.8. The quantitative estimate of drug-likeness (QED) is 0.924. The number of ether oxygens (including phenoxy) is 1. The largest absolute Gasteiger partial charge is 0.496 e. The molecule has 100 valence electrons. The van der Waals surface area contributed by atoms with Crippen LogP contribution in [-0.2, 0) is 6.42 Å². The number of hydrogen-bond acceptors (Lipinski definition) is 2. The van der Waals surface area contributed by atoms with Gasteiger partial charge in [-0.1, -0.05) is 40.2 Å². The summed E-state index contributed by atoms with van der Waals surface area (Å²) in [6.07, 6.45) is 0.791. The molecule has 0 spiro atoms. The van der Waals surface area contributed by atoms with E-state index in [9.17, 15) is 0 Å². The Kier molecular flexibility index (Phi) is 4.61. The Labute approximate surface area is 122 Å². The minimum absolute atomic E-state index is 0.0650. The summed E-state index contributed by atoms with van der Waals surface area (Å²) >= 11 is 3.48. The zero-order valence-corrected chi connectivity index (χ0v) is 12.8. The lowest BCUT2D eigenvalue weighted by atomic mass is 9.98. The van der Waals surface area contributed by atoms with Gasteiger partial charge in [0.1, 0.15) is 5.75 Å². The topological polar surface area (TPSA) is 35.2 Å². The molecule has 2 aromatic rings. The average molecular weight is 320 g/mol. The summed E-state index contributed by atoms with van der Waals surface area (Å²) in [6.45, 7) is 2.05. The molecule has 0 heterocycles. The highest BCUT2D eigenvalue weighted by atomic mass is 79.9. The summed E-state index contributed by atoms with van der Waals surface area (Å²) in [5.74, 6) is 0.863. The van der Waals surface area contributed by atoms with Gasteiger partial charge in [-0.2, -0.15) is 0 Å². The SMILES string of the molecule is COc1cc(C)ccc1C(N)Cc1cccc(Br)c1. The third-order valence-electron chi connectivity index (χ3n) is 3.13. The van der Waals surface area contributed by atoms with Gasteiger partial charge in [-0.05, 0) is 42.7 Å². The summed E-state index contributed by atoms with van der Waals surface area (Å²) in [4.78, 5) is 0. The molecule has 2 aromatic carbocycles. The first-order valence-corrected chi connectivity index (χ1v) is 7.04. The maximum Gasteiger partial charge on any atom is 0.123 e. The van der Waals surface area contributed by atoms with Crippen molar-refractivity contribution in [3.63, 3.8) is 0 Å². The van der Waals surface area contributed by atoms with Crippen molar-refractivity contribution in [2.24, 2.45) is 5.73 Å². The maximum atomic E-state index is 6.31. The summed E-state index contributed by atoms with van der Waals surface area (Å²) in [5, 5.41) is 0. The van der Waals surface area contributed by atoms with Crippen LogP contribution in [0.2, 0.25) is 0 Å². The molecule has 1 unspecified atom stereocenters. The molecule has 0 saturated heterocycles. The Morgan fingerprint density at radius 1 is 1.21 bits per heavy atom. The van der Waals surface area contributed by atoms with Crippen molar-refractivity contribution in [2.75, 3.05) is 7.11 Å². The van der Waals surface area contributed by atoms with Gasteiger partial charge in [0.05, 0.1) is 7.11 Å². The lowest BCUT2D eigenvalue weighted by Crippen LogP contribution is -2.14. The minimum Gasteiger partial charge on any atom is -0.496 e. The van der Waals surface area contributed by atoms with Crippen LogP contribution in [0.4, 0.5) is 0 Å². The molecule has 2 rings (SSSR count). The van der Waals surface area contributed by atoms with Crippen molar-refractivity contribution in [3.05, 3.63) is 63.6 Å². The maximum absolute atomic E-state index is 6.31. The van der Waals surface area contributed by atoms with E-state index in [0.717, 1.165) is 22.2 Å². The van der Waals surface area contributed by atoms with Crippen molar-refractivity contribution in [1.82, 2.24) is 0 Å². The van der Waals surface area contributed by atoms with E-state index in [0.29, 0.717) is 0 Å². The number of benzene rings is 2. The second-order valence-electron chi connectivity index (χ2n) is 4.69. The van der Waals surface area contributed by atoms with Crippen LogP contribution in [0.1, 0.15) is 22.7 Å². The van der Waals surface area contributed by atoms with E-state index in [1.165, 1.54) is 11.1 Å². The van der Waals surface area contributed by atoms with E-state index >= 15 is 0 Å². The van der Waals surface area contributed by atoms with Gasteiger partial charge in [-0.15, -0.1) is 0 Å². The highest BCUT2D eigenvalue weighted by molar-refractivity contribution is 9.10. The van der Waals surface area contributed by atoms with Gasteiger partial charge in [-0.3, -0.25) is 0 Å². The van der Waals surface area contributed by atoms with Crippen molar-refractivity contribution in [2.45, 2.75) is 19.4 Å². The first kappa shape index (κ1) is 14.1. The van der Waals surface area contributed by atoms with Crippen molar-refractivity contribution in [1.29, 1.82) is 0 Å². The highest BCUT2D eigenvalue weighted by Crippen LogP contribution is 2.27. The molecule has 1 atom stereocenters. The van der Waals surface area contributed by atoms with E-state index in [-0.39, 0.29) is 6.04 Å². The van der Waals surface area contributed by atoms with Crippen molar-refractivity contribution >= 4 is 15.9 Å². The molecule has 0 fully saturated rings. The Bertz CT molecular complexity index is 568. The fourth-order valence-corrected chi connectivity index (χ4v) is 2.60. The number of rotatable bonds is 4. The Morgan fingerprint density at radius 3 is 2.68 bits per heavy atom. The third kappa shape index (κ3) is 3.58. The normalized spacial score (nSPS) is 12.2.